The Morgan fingerprint density at radius 3 is 2.12 bits per heavy atom. The summed E-state index contributed by atoms with van der Waals surface area (Å²) in [5.41, 5.74) is 0.990. The van der Waals surface area contributed by atoms with Gasteiger partial charge in [0.15, 0.2) is 0 Å². The molecule has 4 heteroatoms. The first kappa shape index (κ1) is 12.4. The minimum atomic E-state index is -0.747. The van der Waals surface area contributed by atoms with E-state index in [4.69, 9.17) is 4.74 Å². The van der Waals surface area contributed by atoms with E-state index in [2.05, 4.69) is 0 Å². The number of nitrogens with zero attached hydrogens (tertiary/aromatic N) is 1. The van der Waals surface area contributed by atoms with Crippen LogP contribution in [0.3, 0.4) is 0 Å². The van der Waals surface area contributed by atoms with E-state index in [1.54, 1.807) is 7.11 Å². The summed E-state index contributed by atoms with van der Waals surface area (Å²) in [7, 11) is 3.54. The molecule has 4 atom stereocenters. The molecule has 0 aromatic heterocycles. The molecule has 1 saturated heterocycles. The molecule has 1 heterocycles. The predicted molar refractivity (Wildman–Crippen MR) is 65.0 cm³/mol. The lowest BCUT2D eigenvalue weighted by Gasteiger charge is -2.24. The topological polar surface area (TPSA) is 52.9 Å². The zero-order valence-corrected chi connectivity index (χ0v) is 10.4. The highest BCUT2D eigenvalue weighted by molar-refractivity contribution is 5.31. The van der Waals surface area contributed by atoms with Gasteiger partial charge >= 0.3 is 0 Å². The molecule has 4 nitrogen and oxygen atoms in total. The van der Waals surface area contributed by atoms with Crippen molar-refractivity contribution in [1.29, 1.82) is 0 Å². The number of aliphatic hydroxyl groups is 2. The van der Waals surface area contributed by atoms with Gasteiger partial charge in [-0.15, -0.1) is 0 Å². The Kier molecular flexibility index (Phi) is 3.38. The molecule has 1 aromatic carbocycles. The smallest absolute Gasteiger partial charge is 0.118 e. The fourth-order valence-electron chi connectivity index (χ4n) is 2.44. The maximum Gasteiger partial charge on any atom is 0.118 e. The van der Waals surface area contributed by atoms with Crippen LogP contribution in [-0.2, 0) is 0 Å². The molecule has 0 unspecified atom stereocenters. The Balaban J connectivity index is 2.26. The third-order valence-corrected chi connectivity index (χ3v) is 3.71. The van der Waals surface area contributed by atoms with Crippen LogP contribution in [0.25, 0.3) is 0 Å². The van der Waals surface area contributed by atoms with Gasteiger partial charge in [0.05, 0.1) is 19.3 Å². The van der Waals surface area contributed by atoms with Crippen LogP contribution < -0.4 is 4.74 Å². The molecule has 0 spiro atoms. The van der Waals surface area contributed by atoms with Crippen LogP contribution in [0, 0.1) is 0 Å². The number of likely N-dealkylation sites (tertiary alicyclic amines) is 1. The van der Waals surface area contributed by atoms with Gasteiger partial charge in [0.2, 0.25) is 0 Å². The van der Waals surface area contributed by atoms with Gasteiger partial charge in [0, 0.05) is 6.04 Å². The molecule has 1 aromatic rings. The van der Waals surface area contributed by atoms with Crippen molar-refractivity contribution in [1.82, 2.24) is 4.90 Å². The summed E-state index contributed by atoms with van der Waals surface area (Å²) in [6.07, 6.45) is -1.45. The van der Waals surface area contributed by atoms with Crippen molar-refractivity contribution in [3.63, 3.8) is 0 Å². The molecule has 0 amide bonds. The van der Waals surface area contributed by atoms with Crippen LogP contribution >= 0.6 is 0 Å². The second kappa shape index (κ2) is 4.64. The van der Waals surface area contributed by atoms with Crippen LogP contribution in [0.15, 0.2) is 24.3 Å². The van der Waals surface area contributed by atoms with Gasteiger partial charge < -0.3 is 14.9 Å². The van der Waals surface area contributed by atoms with Gasteiger partial charge in [-0.2, -0.15) is 0 Å². The first-order chi connectivity index (χ1) is 8.06. The fraction of sp³-hybridized carbons (Fsp3) is 0.538. The SMILES string of the molecule is COc1ccc([C@H]2[C@H](O)[C@@H](O)[C@@H](C)N2C)cc1. The van der Waals surface area contributed by atoms with Crippen molar-refractivity contribution in [2.45, 2.75) is 31.2 Å². The number of rotatable bonds is 2. The molecule has 0 saturated carbocycles. The molecule has 0 aliphatic carbocycles. The van der Waals surface area contributed by atoms with Gasteiger partial charge in [0.1, 0.15) is 11.9 Å². The van der Waals surface area contributed by atoms with Gasteiger partial charge in [-0.3, -0.25) is 4.90 Å². The summed E-state index contributed by atoms with van der Waals surface area (Å²) >= 11 is 0. The Morgan fingerprint density at radius 2 is 1.71 bits per heavy atom. The van der Waals surface area contributed by atoms with Crippen LogP contribution in [0.4, 0.5) is 0 Å². The lowest BCUT2D eigenvalue weighted by molar-refractivity contribution is 0.0300. The lowest BCUT2D eigenvalue weighted by atomic mass is 10.0. The minimum Gasteiger partial charge on any atom is -0.497 e. The van der Waals surface area contributed by atoms with E-state index >= 15 is 0 Å². The first-order valence-electron chi connectivity index (χ1n) is 5.78. The number of aliphatic hydroxyl groups excluding tert-OH is 2. The second-order valence-corrected chi connectivity index (χ2v) is 4.61. The molecule has 0 radical (unpaired) electrons. The molecule has 94 valence electrons. The number of hydrogen-bond donors (Lipinski definition) is 2. The Morgan fingerprint density at radius 1 is 1.12 bits per heavy atom. The summed E-state index contributed by atoms with van der Waals surface area (Å²) in [4.78, 5) is 2.00. The Labute approximate surface area is 101 Å². The zero-order valence-electron chi connectivity index (χ0n) is 10.4. The second-order valence-electron chi connectivity index (χ2n) is 4.61. The summed E-state index contributed by atoms with van der Waals surface area (Å²) in [6.45, 7) is 1.91. The van der Waals surface area contributed by atoms with Crippen molar-refractivity contribution in [3.05, 3.63) is 29.8 Å². The number of likely N-dealkylation sites (N-methyl/N-ethyl adjacent to an activating group) is 1. The van der Waals surface area contributed by atoms with Crippen molar-refractivity contribution in [2.75, 3.05) is 14.2 Å². The number of benzene rings is 1. The lowest BCUT2D eigenvalue weighted by Crippen LogP contribution is -2.30. The molecular formula is C13H19NO3. The first-order valence-corrected chi connectivity index (χ1v) is 5.78. The largest absolute Gasteiger partial charge is 0.497 e. The summed E-state index contributed by atoms with van der Waals surface area (Å²) in [5.74, 6) is 0.789. The quantitative estimate of drug-likeness (QED) is 0.798. The van der Waals surface area contributed by atoms with E-state index in [-0.39, 0.29) is 12.1 Å². The van der Waals surface area contributed by atoms with Crippen molar-refractivity contribution in [2.24, 2.45) is 0 Å². The van der Waals surface area contributed by atoms with Crippen LogP contribution in [0.5, 0.6) is 5.75 Å². The van der Waals surface area contributed by atoms with Crippen molar-refractivity contribution < 1.29 is 14.9 Å². The molecule has 1 fully saturated rings. The molecule has 17 heavy (non-hydrogen) atoms. The van der Waals surface area contributed by atoms with E-state index in [9.17, 15) is 10.2 Å². The molecule has 0 bridgehead atoms. The molecule has 2 N–H and O–H groups in total. The third kappa shape index (κ3) is 2.04. The number of hydrogen-bond acceptors (Lipinski definition) is 4. The van der Waals surface area contributed by atoms with E-state index in [1.165, 1.54) is 0 Å². The van der Waals surface area contributed by atoms with Crippen LogP contribution in [0.2, 0.25) is 0 Å². The van der Waals surface area contributed by atoms with Crippen LogP contribution in [0.1, 0.15) is 18.5 Å². The summed E-state index contributed by atoms with van der Waals surface area (Å²) in [5, 5.41) is 19.9. The van der Waals surface area contributed by atoms with E-state index in [1.807, 2.05) is 43.1 Å². The highest BCUT2D eigenvalue weighted by Crippen LogP contribution is 2.35. The highest BCUT2D eigenvalue weighted by Gasteiger charge is 2.43. The Bertz CT molecular complexity index is 365. The maximum absolute atomic E-state index is 10.1. The summed E-state index contributed by atoms with van der Waals surface area (Å²) in [6, 6.07) is 7.38. The number of methoxy groups -OCH3 is 1. The summed E-state index contributed by atoms with van der Waals surface area (Å²) < 4.78 is 5.10. The van der Waals surface area contributed by atoms with E-state index in [0.717, 1.165) is 11.3 Å². The Hall–Kier alpha value is -1.10. The normalized spacial score (nSPS) is 33.9. The zero-order chi connectivity index (χ0) is 12.6. The standard InChI is InChI=1S/C13H19NO3/c1-8-12(15)13(16)11(14(8)2)9-4-6-10(17-3)7-5-9/h4-8,11-13,15-16H,1-3H3/t8-,11+,12+,13+/m1/s1. The predicted octanol–water partition coefficient (Wildman–Crippen LogP) is 0.792. The average Bonchev–Trinajstić information content (AvgIpc) is 2.54. The maximum atomic E-state index is 10.1. The van der Waals surface area contributed by atoms with Gasteiger partial charge in [-0.25, -0.2) is 0 Å². The third-order valence-electron chi connectivity index (χ3n) is 3.71. The molecule has 2 rings (SSSR count). The van der Waals surface area contributed by atoms with Gasteiger partial charge in [-0.1, -0.05) is 12.1 Å². The van der Waals surface area contributed by atoms with Gasteiger partial charge in [-0.05, 0) is 31.7 Å². The minimum absolute atomic E-state index is 0.0444. The van der Waals surface area contributed by atoms with E-state index in [0.29, 0.717) is 0 Å². The number of ether oxygens (including phenoxy) is 1. The van der Waals surface area contributed by atoms with Crippen molar-refractivity contribution in [3.8, 4) is 5.75 Å². The fourth-order valence-corrected chi connectivity index (χ4v) is 2.44. The van der Waals surface area contributed by atoms with E-state index < -0.39 is 12.2 Å². The van der Waals surface area contributed by atoms with Crippen LogP contribution in [-0.4, -0.2) is 47.5 Å². The highest BCUT2D eigenvalue weighted by atomic mass is 16.5. The molecule has 1 aliphatic rings. The molecular weight excluding hydrogens is 218 g/mol. The molecule has 1 aliphatic heterocycles. The average molecular weight is 237 g/mol. The van der Waals surface area contributed by atoms with Crippen molar-refractivity contribution >= 4 is 0 Å². The van der Waals surface area contributed by atoms with Gasteiger partial charge in [0.25, 0.3) is 0 Å². The monoisotopic (exact) mass is 237 g/mol.